The fourth-order valence-electron chi connectivity index (χ4n) is 4.92. The molecule has 6 nitrogen and oxygen atoms in total. The lowest BCUT2D eigenvalue weighted by atomic mass is 9.78. The maximum absolute atomic E-state index is 13.1. The van der Waals surface area contributed by atoms with Gasteiger partial charge in [-0.2, -0.15) is 5.10 Å². The molecular weight excluding hydrogens is 438 g/mol. The molecule has 1 fully saturated rings. The summed E-state index contributed by atoms with van der Waals surface area (Å²) in [6.07, 6.45) is 9.41. The number of aryl methyl sites for hydroxylation is 1. The lowest BCUT2D eigenvalue weighted by Gasteiger charge is -2.30. The number of carbonyl (C=O) groups excluding carboxylic acids is 2. The summed E-state index contributed by atoms with van der Waals surface area (Å²) in [5.41, 5.74) is 11.0. The Morgan fingerprint density at radius 2 is 1.83 bits per heavy atom. The van der Waals surface area contributed by atoms with Crippen LogP contribution in [0.15, 0.2) is 47.6 Å². The van der Waals surface area contributed by atoms with E-state index >= 15 is 0 Å². The van der Waals surface area contributed by atoms with Crippen LogP contribution in [0.2, 0.25) is 0 Å². The van der Waals surface area contributed by atoms with E-state index in [1.54, 1.807) is 0 Å². The summed E-state index contributed by atoms with van der Waals surface area (Å²) in [5.74, 6) is -0.0987. The summed E-state index contributed by atoms with van der Waals surface area (Å²) in [5, 5.41) is 6.68. The minimum atomic E-state index is -0.222. The van der Waals surface area contributed by atoms with Gasteiger partial charge in [0.05, 0.1) is 19.2 Å². The highest BCUT2D eigenvalue weighted by Crippen LogP contribution is 2.35. The zero-order chi connectivity index (χ0) is 24.6. The monoisotopic (exact) mass is 475 g/mol. The molecular formula is C29H37N3O3. The summed E-state index contributed by atoms with van der Waals surface area (Å²) < 4.78 is 5.33. The number of hydrazone groups is 1. The Labute approximate surface area is 208 Å². The van der Waals surface area contributed by atoms with Crippen LogP contribution < -0.4 is 5.73 Å². The van der Waals surface area contributed by atoms with Crippen LogP contribution in [0.25, 0.3) is 0 Å². The highest BCUT2D eigenvalue weighted by atomic mass is 16.5. The molecule has 0 bridgehead atoms. The third-order valence-corrected chi connectivity index (χ3v) is 7.12. The van der Waals surface area contributed by atoms with E-state index in [1.165, 1.54) is 19.3 Å². The third-order valence-electron chi connectivity index (χ3n) is 7.12. The van der Waals surface area contributed by atoms with Gasteiger partial charge >= 0.3 is 5.97 Å². The molecule has 186 valence electrons. The van der Waals surface area contributed by atoms with Gasteiger partial charge in [-0.25, -0.2) is 0 Å². The predicted molar refractivity (Wildman–Crippen MR) is 139 cm³/mol. The highest BCUT2D eigenvalue weighted by Gasteiger charge is 2.29. The second-order valence-corrected chi connectivity index (χ2v) is 9.73. The zero-order valence-corrected chi connectivity index (χ0v) is 20.7. The number of hydrogen-bond acceptors (Lipinski definition) is 6. The second-order valence-electron chi connectivity index (χ2n) is 9.73. The first kappa shape index (κ1) is 25.1. The van der Waals surface area contributed by atoms with Crippen LogP contribution in [0.1, 0.15) is 90.5 Å². The van der Waals surface area contributed by atoms with Crippen molar-refractivity contribution in [1.29, 1.82) is 0 Å². The predicted octanol–water partition coefficient (Wildman–Crippen LogP) is 5.03. The third kappa shape index (κ3) is 6.57. The average molecular weight is 476 g/mol. The first-order chi connectivity index (χ1) is 17.0. The summed E-state index contributed by atoms with van der Waals surface area (Å²) in [6.45, 7) is 4.57. The maximum atomic E-state index is 13.1. The standard InChI is InChI=1S/C29H37N3O3/c1-2-3-17-35-27(33)19-24-12-11-23-18-25(13-14-26(23)28(24)30)29(34)22-9-7-21(8-10-22)20-31-32-15-5-4-6-16-32/h7-10,13-14,18,20,24,28H,2-6,11-12,15-17,19,30H2,1H3. The molecule has 2 atom stereocenters. The van der Waals surface area contributed by atoms with Crippen molar-refractivity contribution in [2.24, 2.45) is 16.8 Å². The van der Waals surface area contributed by atoms with E-state index in [4.69, 9.17) is 10.5 Å². The number of rotatable bonds is 9. The minimum absolute atomic E-state index is 0.00233. The smallest absolute Gasteiger partial charge is 0.306 e. The topological polar surface area (TPSA) is 85.0 Å². The number of ketones is 1. The Kier molecular flexibility index (Phi) is 8.69. The van der Waals surface area contributed by atoms with Gasteiger partial charge in [-0.05, 0) is 67.2 Å². The van der Waals surface area contributed by atoms with Gasteiger partial charge in [0.15, 0.2) is 5.78 Å². The van der Waals surface area contributed by atoms with Gasteiger partial charge < -0.3 is 10.5 Å². The van der Waals surface area contributed by atoms with Crippen molar-refractivity contribution in [1.82, 2.24) is 5.01 Å². The number of ether oxygens (including phenoxy) is 1. The molecule has 2 aliphatic rings. The zero-order valence-electron chi connectivity index (χ0n) is 20.7. The second kappa shape index (κ2) is 12.1. The fraction of sp³-hybridized carbons (Fsp3) is 0.483. The van der Waals surface area contributed by atoms with E-state index in [0.29, 0.717) is 24.2 Å². The number of piperidine rings is 1. The molecule has 1 aliphatic carbocycles. The molecule has 4 rings (SSSR count). The molecule has 0 spiro atoms. The molecule has 1 saturated heterocycles. The molecule has 0 saturated carbocycles. The fourth-order valence-corrected chi connectivity index (χ4v) is 4.92. The van der Waals surface area contributed by atoms with Crippen LogP contribution in [0, 0.1) is 5.92 Å². The van der Waals surface area contributed by atoms with Gasteiger partial charge in [0, 0.05) is 30.3 Å². The van der Waals surface area contributed by atoms with Crippen molar-refractivity contribution in [3.05, 3.63) is 70.3 Å². The molecule has 0 aromatic heterocycles. The minimum Gasteiger partial charge on any atom is -0.466 e. The van der Waals surface area contributed by atoms with Gasteiger partial charge in [-0.15, -0.1) is 0 Å². The van der Waals surface area contributed by atoms with E-state index in [1.807, 2.05) is 48.7 Å². The molecule has 2 N–H and O–H groups in total. The first-order valence-corrected chi connectivity index (χ1v) is 13.0. The summed E-state index contributed by atoms with van der Waals surface area (Å²) >= 11 is 0. The molecule has 1 aliphatic heterocycles. The number of carbonyl (C=O) groups is 2. The SMILES string of the molecule is CCCCOC(=O)CC1CCc2cc(C(=O)c3ccc(C=NN4CCCCC4)cc3)ccc2C1N. The molecule has 1 heterocycles. The van der Waals surface area contributed by atoms with E-state index in [9.17, 15) is 9.59 Å². The lowest BCUT2D eigenvalue weighted by Crippen LogP contribution is -2.29. The van der Waals surface area contributed by atoms with E-state index in [-0.39, 0.29) is 23.7 Å². The average Bonchev–Trinajstić information content (AvgIpc) is 2.89. The first-order valence-electron chi connectivity index (χ1n) is 13.0. The summed E-state index contributed by atoms with van der Waals surface area (Å²) in [6, 6.07) is 13.2. The van der Waals surface area contributed by atoms with Crippen molar-refractivity contribution < 1.29 is 14.3 Å². The van der Waals surface area contributed by atoms with E-state index in [0.717, 1.165) is 55.5 Å². The number of nitrogens with two attached hydrogens (primary N) is 1. The van der Waals surface area contributed by atoms with Crippen molar-refractivity contribution in [2.45, 2.75) is 64.3 Å². The van der Waals surface area contributed by atoms with Crippen LogP contribution in [-0.4, -0.2) is 42.7 Å². The Morgan fingerprint density at radius 1 is 1.09 bits per heavy atom. The number of esters is 1. The molecule has 0 radical (unpaired) electrons. The Morgan fingerprint density at radius 3 is 2.57 bits per heavy atom. The number of benzene rings is 2. The van der Waals surface area contributed by atoms with Crippen molar-refractivity contribution in [3.63, 3.8) is 0 Å². The molecule has 2 aromatic carbocycles. The number of nitrogens with zero attached hydrogens (tertiary/aromatic N) is 2. The van der Waals surface area contributed by atoms with Crippen LogP contribution in [0.5, 0.6) is 0 Å². The molecule has 6 heteroatoms. The number of fused-ring (bicyclic) bond motifs is 1. The van der Waals surface area contributed by atoms with Crippen LogP contribution >= 0.6 is 0 Å². The molecule has 0 amide bonds. The number of unbranched alkanes of at least 4 members (excludes halogenated alkanes) is 1. The van der Waals surface area contributed by atoms with E-state index < -0.39 is 0 Å². The normalized spacial score (nSPS) is 20.0. The molecule has 2 unspecified atom stereocenters. The van der Waals surface area contributed by atoms with Crippen LogP contribution in [-0.2, 0) is 16.0 Å². The quantitative estimate of drug-likeness (QED) is 0.238. The lowest BCUT2D eigenvalue weighted by molar-refractivity contribution is -0.145. The van der Waals surface area contributed by atoms with Gasteiger partial charge in [-0.1, -0.05) is 49.7 Å². The van der Waals surface area contributed by atoms with Gasteiger partial charge in [0.1, 0.15) is 0 Å². The Bertz CT molecular complexity index is 1040. The van der Waals surface area contributed by atoms with Gasteiger partial charge in [-0.3, -0.25) is 14.6 Å². The number of hydrogen-bond donors (Lipinski definition) is 1. The van der Waals surface area contributed by atoms with Gasteiger partial charge in [0.25, 0.3) is 0 Å². The van der Waals surface area contributed by atoms with Crippen molar-refractivity contribution in [3.8, 4) is 0 Å². The van der Waals surface area contributed by atoms with Crippen LogP contribution in [0.4, 0.5) is 0 Å². The maximum Gasteiger partial charge on any atom is 0.306 e. The molecule has 35 heavy (non-hydrogen) atoms. The molecule has 2 aromatic rings. The van der Waals surface area contributed by atoms with Crippen LogP contribution in [0.3, 0.4) is 0 Å². The Balaban J connectivity index is 1.38. The van der Waals surface area contributed by atoms with Gasteiger partial charge in [0.2, 0.25) is 0 Å². The highest BCUT2D eigenvalue weighted by molar-refractivity contribution is 6.09. The Hall–Kier alpha value is -2.99. The van der Waals surface area contributed by atoms with Crippen molar-refractivity contribution >= 4 is 18.0 Å². The van der Waals surface area contributed by atoms with E-state index in [2.05, 4.69) is 17.0 Å². The summed E-state index contributed by atoms with van der Waals surface area (Å²) in [7, 11) is 0. The summed E-state index contributed by atoms with van der Waals surface area (Å²) in [4.78, 5) is 25.3. The largest absolute Gasteiger partial charge is 0.466 e. The van der Waals surface area contributed by atoms with Crippen molar-refractivity contribution in [2.75, 3.05) is 19.7 Å².